The molecule has 78 valence electrons. The lowest BCUT2D eigenvalue weighted by Gasteiger charge is -2.20. The molecule has 0 fully saturated rings. The van der Waals surface area contributed by atoms with E-state index in [2.05, 4.69) is 22.6 Å². The number of hydrogen-bond donors (Lipinski definition) is 4. The Labute approximate surface area is 93.2 Å². The van der Waals surface area contributed by atoms with Gasteiger partial charge >= 0.3 is 0 Å². The van der Waals surface area contributed by atoms with Crippen LogP contribution in [-0.4, -0.2) is 16.1 Å². The van der Waals surface area contributed by atoms with Crippen LogP contribution in [0, 0.1) is 0 Å². The highest BCUT2D eigenvalue weighted by Crippen LogP contribution is 2.09. The molecule has 0 aliphatic rings. The molecule has 13 heavy (non-hydrogen) atoms. The van der Waals surface area contributed by atoms with Crippen molar-refractivity contribution in [3.8, 4) is 0 Å². The van der Waals surface area contributed by atoms with E-state index in [1.807, 2.05) is 13.8 Å². The van der Waals surface area contributed by atoms with Gasteiger partial charge in [0, 0.05) is 17.8 Å². The van der Waals surface area contributed by atoms with Crippen LogP contribution >= 0.6 is 22.6 Å². The third-order valence-corrected chi connectivity index (χ3v) is 2.84. The fourth-order valence-electron chi connectivity index (χ4n) is 0.921. The van der Waals surface area contributed by atoms with Gasteiger partial charge in [-0.15, -0.1) is 0 Å². The van der Waals surface area contributed by atoms with Gasteiger partial charge in [0.25, 0.3) is 0 Å². The second-order valence-corrected chi connectivity index (χ2v) is 4.84. The van der Waals surface area contributed by atoms with Gasteiger partial charge < -0.3 is 22.9 Å². The molecule has 0 rings (SSSR count). The van der Waals surface area contributed by atoms with Crippen LogP contribution in [0.15, 0.2) is 11.3 Å². The zero-order valence-electron chi connectivity index (χ0n) is 8.13. The molecule has 5 heteroatoms. The van der Waals surface area contributed by atoms with Gasteiger partial charge in [0.1, 0.15) is 0 Å². The summed E-state index contributed by atoms with van der Waals surface area (Å²) in [5.41, 5.74) is 24.7. The van der Waals surface area contributed by atoms with Crippen LogP contribution in [0.25, 0.3) is 0 Å². The fourth-order valence-corrected chi connectivity index (χ4v) is 1.21. The molecule has 0 aromatic heterocycles. The summed E-state index contributed by atoms with van der Waals surface area (Å²) >= 11 is 2.08. The van der Waals surface area contributed by atoms with Crippen LogP contribution in [0.3, 0.4) is 0 Å². The van der Waals surface area contributed by atoms with Gasteiger partial charge in [0.05, 0.1) is 4.05 Å². The van der Waals surface area contributed by atoms with Gasteiger partial charge in [-0.05, 0) is 20.3 Å². The number of alkyl halides is 1. The summed E-state index contributed by atoms with van der Waals surface area (Å²) in [6, 6.07) is -0.283. The minimum atomic E-state index is -0.180. The maximum Gasteiger partial charge on any atom is 0.0722 e. The van der Waals surface area contributed by atoms with Crippen molar-refractivity contribution in [2.45, 2.75) is 36.4 Å². The van der Waals surface area contributed by atoms with Gasteiger partial charge in [-0.25, -0.2) is 0 Å². The second-order valence-electron chi connectivity index (χ2n) is 3.41. The van der Waals surface area contributed by atoms with Gasteiger partial charge in [0.2, 0.25) is 0 Å². The van der Waals surface area contributed by atoms with Crippen LogP contribution < -0.4 is 22.9 Å². The number of nitrogens with two attached hydrogens (primary N) is 4. The number of hydrogen-bond acceptors (Lipinski definition) is 4. The molecule has 0 aliphatic heterocycles. The molecule has 0 aliphatic carbocycles. The molecule has 3 atom stereocenters. The van der Waals surface area contributed by atoms with E-state index in [4.69, 9.17) is 22.9 Å². The summed E-state index contributed by atoms with van der Waals surface area (Å²) < 4.78 is -0.0754. The van der Waals surface area contributed by atoms with E-state index in [1.54, 1.807) is 0 Å². The molecule has 0 spiro atoms. The summed E-state index contributed by atoms with van der Waals surface area (Å²) in [7, 11) is 0. The first-order chi connectivity index (χ1) is 5.86. The predicted molar refractivity (Wildman–Crippen MR) is 65.1 cm³/mol. The van der Waals surface area contributed by atoms with Crippen molar-refractivity contribution in [2.75, 3.05) is 0 Å². The van der Waals surface area contributed by atoms with E-state index in [0.717, 1.165) is 5.57 Å². The van der Waals surface area contributed by atoms with Crippen LogP contribution in [0.2, 0.25) is 0 Å². The third kappa shape index (κ3) is 4.80. The maximum atomic E-state index is 5.84. The van der Waals surface area contributed by atoms with Gasteiger partial charge in [0.15, 0.2) is 0 Å². The smallest absolute Gasteiger partial charge is 0.0722 e. The molecule has 0 saturated heterocycles. The average Bonchev–Trinajstić information content (AvgIpc) is 2.02. The molecule has 0 amide bonds. The zero-order valence-corrected chi connectivity index (χ0v) is 10.3. The Hall–Kier alpha value is 0.150. The highest BCUT2D eigenvalue weighted by atomic mass is 127. The molecule has 0 bridgehead atoms. The minimum Gasteiger partial charge on any atom is -0.401 e. The summed E-state index contributed by atoms with van der Waals surface area (Å²) in [6.45, 7) is 3.87. The Morgan fingerprint density at radius 1 is 1.23 bits per heavy atom. The molecule has 0 aromatic rings. The standard InChI is InChI=1S/C8H19IN4/c1-4(2)7(12)5(10)3-6(11)8(9)13/h5-6,8H,3,10-13H2,1-2H3. The summed E-state index contributed by atoms with van der Waals surface area (Å²) in [5.74, 6) is 0. The Bertz CT molecular complexity index is 187. The van der Waals surface area contributed by atoms with Gasteiger partial charge in [-0.1, -0.05) is 28.2 Å². The van der Waals surface area contributed by atoms with Crippen molar-refractivity contribution in [3.63, 3.8) is 0 Å². The molecule has 0 heterocycles. The maximum absolute atomic E-state index is 5.84. The first-order valence-corrected chi connectivity index (χ1v) is 5.44. The lowest BCUT2D eigenvalue weighted by atomic mass is 10.0. The van der Waals surface area contributed by atoms with Crippen molar-refractivity contribution in [1.82, 2.24) is 0 Å². The van der Waals surface area contributed by atoms with Crippen molar-refractivity contribution < 1.29 is 0 Å². The molecule has 3 unspecified atom stereocenters. The number of rotatable bonds is 4. The normalized spacial score (nSPS) is 17.7. The van der Waals surface area contributed by atoms with Gasteiger partial charge in [-0.2, -0.15) is 0 Å². The zero-order chi connectivity index (χ0) is 10.6. The van der Waals surface area contributed by atoms with E-state index >= 15 is 0 Å². The van der Waals surface area contributed by atoms with E-state index in [-0.39, 0.29) is 16.1 Å². The van der Waals surface area contributed by atoms with Gasteiger partial charge in [-0.3, -0.25) is 0 Å². The summed E-state index contributed by atoms with van der Waals surface area (Å²) in [5, 5.41) is 0. The SMILES string of the molecule is CC(C)=C(N)C(N)CC(N)C(N)I. The Balaban J connectivity index is 4.16. The first-order valence-electron chi connectivity index (χ1n) is 4.20. The van der Waals surface area contributed by atoms with Crippen LogP contribution in [0.4, 0.5) is 0 Å². The first kappa shape index (κ1) is 13.2. The fraction of sp³-hybridized carbons (Fsp3) is 0.750. The lowest BCUT2D eigenvalue weighted by Crippen LogP contribution is -2.43. The van der Waals surface area contributed by atoms with E-state index < -0.39 is 0 Å². The van der Waals surface area contributed by atoms with Crippen molar-refractivity contribution >= 4 is 22.6 Å². The topological polar surface area (TPSA) is 104 Å². The highest BCUT2D eigenvalue weighted by molar-refractivity contribution is 14.1. The highest BCUT2D eigenvalue weighted by Gasteiger charge is 2.16. The van der Waals surface area contributed by atoms with Crippen molar-refractivity contribution in [1.29, 1.82) is 0 Å². The quantitative estimate of drug-likeness (QED) is 0.333. The van der Waals surface area contributed by atoms with Crippen molar-refractivity contribution in [3.05, 3.63) is 11.3 Å². The second kappa shape index (κ2) is 5.79. The van der Waals surface area contributed by atoms with Crippen molar-refractivity contribution in [2.24, 2.45) is 22.9 Å². The third-order valence-electron chi connectivity index (χ3n) is 1.91. The van der Waals surface area contributed by atoms with Crippen LogP contribution in [-0.2, 0) is 0 Å². The van der Waals surface area contributed by atoms with Crippen LogP contribution in [0.5, 0.6) is 0 Å². The molecule has 4 nitrogen and oxygen atoms in total. The van der Waals surface area contributed by atoms with E-state index in [9.17, 15) is 0 Å². The minimum absolute atomic E-state index is 0.0754. The number of halogens is 1. The number of allylic oxidation sites excluding steroid dienone is 1. The van der Waals surface area contributed by atoms with E-state index in [0.29, 0.717) is 12.1 Å². The molecule has 0 saturated carbocycles. The largest absolute Gasteiger partial charge is 0.401 e. The molecule has 0 radical (unpaired) electrons. The van der Waals surface area contributed by atoms with E-state index in [1.165, 1.54) is 0 Å². The predicted octanol–water partition coefficient (Wildman–Crippen LogP) is 0.00350. The summed E-state index contributed by atoms with van der Waals surface area (Å²) in [6.07, 6.45) is 0.626. The Morgan fingerprint density at radius 3 is 2.00 bits per heavy atom. The summed E-state index contributed by atoms with van der Waals surface area (Å²) in [4.78, 5) is 0. The van der Waals surface area contributed by atoms with Crippen LogP contribution in [0.1, 0.15) is 20.3 Å². The Kier molecular flexibility index (Phi) is 5.86. The monoisotopic (exact) mass is 298 g/mol. The molecular formula is C8H19IN4. The molecular weight excluding hydrogens is 279 g/mol. The molecule has 0 aromatic carbocycles. The molecule has 8 N–H and O–H groups in total. The lowest BCUT2D eigenvalue weighted by molar-refractivity contribution is 0.551. The Morgan fingerprint density at radius 2 is 1.69 bits per heavy atom. The average molecular weight is 298 g/mol.